The van der Waals surface area contributed by atoms with Crippen molar-refractivity contribution < 1.29 is 13.2 Å². The van der Waals surface area contributed by atoms with Crippen LogP contribution in [0.3, 0.4) is 0 Å². The van der Waals surface area contributed by atoms with Crippen LogP contribution in [0.1, 0.15) is 26.7 Å². The van der Waals surface area contributed by atoms with Crippen molar-refractivity contribution in [1.29, 1.82) is 0 Å². The molecule has 5 nitrogen and oxygen atoms in total. The molecule has 0 aliphatic carbocycles. The normalized spacial score (nSPS) is 20.9. The first-order chi connectivity index (χ1) is 7.47. The summed E-state index contributed by atoms with van der Waals surface area (Å²) in [5.74, 6) is 0.0455. The van der Waals surface area contributed by atoms with E-state index in [-0.39, 0.29) is 17.9 Å². The highest BCUT2D eigenvalue weighted by atomic mass is 32.2. The highest BCUT2D eigenvalue weighted by molar-refractivity contribution is 7.89. The van der Waals surface area contributed by atoms with Crippen LogP contribution >= 0.6 is 0 Å². The number of ether oxygens (including phenoxy) is 1. The van der Waals surface area contributed by atoms with E-state index < -0.39 is 10.0 Å². The van der Waals surface area contributed by atoms with Gasteiger partial charge in [-0.1, -0.05) is 0 Å². The van der Waals surface area contributed by atoms with E-state index in [4.69, 9.17) is 4.74 Å². The van der Waals surface area contributed by atoms with Crippen molar-refractivity contribution >= 4 is 10.0 Å². The number of piperidine rings is 1. The molecule has 0 radical (unpaired) electrons. The molecule has 96 valence electrons. The molecule has 6 heteroatoms. The summed E-state index contributed by atoms with van der Waals surface area (Å²) in [6.45, 7) is 6.37. The smallest absolute Gasteiger partial charge is 0.214 e. The van der Waals surface area contributed by atoms with Crippen LogP contribution in [0.2, 0.25) is 0 Å². The lowest BCUT2D eigenvalue weighted by atomic mass is 9.92. The Morgan fingerprint density at radius 2 is 2.00 bits per heavy atom. The van der Waals surface area contributed by atoms with Crippen molar-refractivity contribution in [3.63, 3.8) is 0 Å². The number of nitrogens with one attached hydrogen (secondary N) is 2. The van der Waals surface area contributed by atoms with Gasteiger partial charge in [-0.3, -0.25) is 0 Å². The summed E-state index contributed by atoms with van der Waals surface area (Å²) >= 11 is 0. The predicted molar refractivity (Wildman–Crippen MR) is 63.9 cm³/mol. The molecule has 0 aromatic heterocycles. The second-order valence-corrected chi connectivity index (χ2v) is 6.27. The molecule has 0 aromatic rings. The molecule has 1 aliphatic rings. The second-order valence-electron chi connectivity index (χ2n) is 4.43. The summed E-state index contributed by atoms with van der Waals surface area (Å²) in [5, 5.41) is 3.22. The van der Waals surface area contributed by atoms with Crippen LogP contribution in [0.15, 0.2) is 0 Å². The third-order valence-corrected chi connectivity index (χ3v) is 4.32. The maximum atomic E-state index is 11.8. The Balaban J connectivity index is 2.44. The van der Waals surface area contributed by atoms with E-state index in [9.17, 15) is 8.42 Å². The molecule has 0 amide bonds. The molecule has 1 aliphatic heterocycles. The lowest BCUT2D eigenvalue weighted by Crippen LogP contribution is -2.53. The van der Waals surface area contributed by atoms with E-state index >= 15 is 0 Å². The summed E-state index contributed by atoms with van der Waals surface area (Å²) in [5.41, 5.74) is -0.295. The molecule has 16 heavy (non-hydrogen) atoms. The van der Waals surface area contributed by atoms with Gasteiger partial charge in [0.05, 0.1) is 12.4 Å². The Bertz CT molecular complexity index is 297. The van der Waals surface area contributed by atoms with Gasteiger partial charge in [-0.25, -0.2) is 13.1 Å². The molecule has 0 bridgehead atoms. The van der Waals surface area contributed by atoms with E-state index in [1.165, 1.54) is 0 Å². The monoisotopic (exact) mass is 250 g/mol. The Kier molecular flexibility index (Phi) is 5.17. The van der Waals surface area contributed by atoms with Gasteiger partial charge in [0.25, 0.3) is 0 Å². The molecular formula is C10H22N2O3S. The molecule has 0 spiro atoms. The lowest BCUT2D eigenvalue weighted by molar-refractivity contribution is 0.163. The molecule has 1 rings (SSSR count). The van der Waals surface area contributed by atoms with Crippen molar-refractivity contribution in [3.05, 3.63) is 0 Å². The van der Waals surface area contributed by atoms with E-state index in [0.717, 1.165) is 25.9 Å². The fourth-order valence-corrected chi connectivity index (χ4v) is 3.21. The fraction of sp³-hybridized carbons (Fsp3) is 1.00. The molecule has 0 unspecified atom stereocenters. The van der Waals surface area contributed by atoms with Crippen molar-refractivity contribution in [2.45, 2.75) is 32.2 Å². The summed E-state index contributed by atoms with van der Waals surface area (Å²) in [6, 6.07) is 0. The lowest BCUT2D eigenvalue weighted by Gasteiger charge is -2.34. The van der Waals surface area contributed by atoms with Crippen LogP contribution in [0.25, 0.3) is 0 Å². The minimum absolute atomic E-state index is 0.0455. The summed E-state index contributed by atoms with van der Waals surface area (Å²) in [4.78, 5) is 0. The molecule has 1 saturated heterocycles. The minimum atomic E-state index is -3.21. The largest absolute Gasteiger partial charge is 0.381 e. The molecule has 2 N–H and O–H groups in total. The first-order valence-electron chi connectivity index (χ1n) is 5.77. The molecule has 0 saturated carbocycles. The Morgan fingerprint density at radius 3 is 2.56 bits per heavy atom. The summed E-state index contributed by atoms with van der Waals surface area (Å²) < 4.78 is 31.4. The third kappa shape index (κ3) is 4.78. The Morgan fingerprint density at radius 1 is 1.38 bits per heavy atom. The van der Waals surface area contributed by atoms with Gasteiger partial charge in [0.1, 0.15) is 0 Å². The van der Waals surface area contributed by atoms with Gasteiger partial charge in [-0.05, 0) is 39.8 Å². The highest BCUT2D eigenvalue weighted by Gasteiger charge is 2.30. The van der Waals surface area contributed by atoms with Gasteiger partial charge < -0.3 is 10.1 Å². The van der Waals surface area contributed by atoms with Gasteiger partial charge in [-0.2, -0.15) is 0 Å². The Labute approximate surface area is 98.0 Å². The quantitative estimate of drug-likeness (QED) is 0.655. The summed E-state index contributed by atoms with van der Waals surface area (Å²) in [6.07, 6.45) is 1.67. The van der Waals surface area contributed by atoms with Gasteiger partial charge >= 0.3 is 0 Å². The van der Waals surface area contributed by atoms with Crippen molar-refractivity contribution in [2.24, 2.45) is 0 Å². The number of rotatable bonds is 6. The molecule has 1 fully saturated rings. The SMILES string of the molecule is CCOCCS(=O)(=O)NC1(C)CCNCC1. The zero-order valence-corrected chi connectivity index (χ0v) is 10.9. The fourth-order valence-electron chi connectivity index (χ4n) is 1.82. The zero-order valence-electron chi connectivity index (χ0n) is 10.1. The van der Waals surface area contributed by atoms with Gasteiger partial charge in [0.2, 0.25) is 10.0 Å². The van der Waals surface area contributed by atoms with Gasteiger partial charge in [0.15, 0.2) is 0 Å². The third-order valence-electron chi connectivity index (χ3n) is 2.81. The van der Waals surface area contributed by atoms with Crippen LogP contribution < -0.4 is 10.0 Å². The van der Waals surface area contributed by atoms with Gasteiger partial charge in [0, 0.05) is 12.1 Å². The van der Waals surface area contributed by atoms with Crippen LogP contribution in [0.5, 0.6) is 0 Å². The standard InChI is InChI=1S/C10H22N2O3S/c1-3-15-8-9-16(13,14)12-10(2)4-6-11-7-5-10/h11-12H,3-9H2,1-2H3. The van der Waals surface area contributed by atoms with Crippen LogP contribution in [-0.2, 0) is 14.8 Å². The van der Waals surface area contributed by atoms with Crippen molar-refractivity contribution in [1.82, 2.24) is 10.0 Å². The maximum Gasteiger partial charge on any atom is 0.214 e. The van der Waals surface area contributed by atoms with E-state index in [1.807, 2.05) is 13.8 Å². The molecule has 0 atom stereocenters. The minimum Gasteiger partial charge on any atom is -0.381 e. The predicted octanol–water partition coefficient (Wildman–Crippen LogP) is 0.0844. The molecule has 0 aromatic carbocycles. The first kappa shape index (κ1) is 13.9. The van der Waals surface area contributed by atoms with Crippen molar-refractivity contribution in [3.8, 4) is 0 Å². The van der Waals surface area contributed by atoms with Crippen LogP contribution in [0, 0.1) is 0 Å². The Hall–Kier alpha value is -0.170. The maximum absolute atomic E-state index is 11.8. The highest BCUT2D eigenvalue weighted by Crippen LogP contribution is 2.18. The number of sulfonamides is 1. The average molecular weight is 250 g/mol. The average Bonchev–Trinajstić information content (AvgIpc) is 2.17. The second kappa shape index (κ2) is 5.95. The van der Waals surface area contributed by atoms with Crippen LogP contribution in [0.4, 0.5) is 0 Å². The topological polar surface area (TPSA) is 67.4 Å². The summed E-state index contributed by atoms with van der Waals surface area (Å²) in [7, 11) is -3.21. The van der Waals surface area contributed by atoms with E-state index in [1.54, 1.807) is 0 Å². The van der Waals surface area contributed by atoms with E-state index in [2.05, 4.69) is 10.0 Å². The van der Waals surface area contributed by atoms with Crippen LogP contribution in [-0.4, -0.2) is 46.0 Å². The molecular weight excluding hydrogens is 228 g/mol. The van der Waals surface area contributed by atoms with Crippen molar-refractivity contribution in [2.75, 3.05) is 32.1 Å². The number of hydrogen-bond donors (Lipinski definition) is 2. The number of hydrogen-bond acceptors (Lipinski definition) is 4. The first-order valence-corrected chi connectivity index (χ1v) is 7.43. The van der Waals surface area contributed by atoms with E-state index in [0.29, 0.717) is 6.61 Å². The molecule has 1 heterocycles. The van der Waals surface area contributed by atoms with Gasteiger partial charge in [-0.15, -0.1) is 0 Å². The zero-order chi connectivity index (χ0) is 12.1.